The van der Waals surface area contributed by atoms with E-state index >= 15 is 0 Å². The van der Waals surface area contributed by atoms with Gasteiger partial charge in [-0.05, 0) is 24.1 Å². The number of rotatable bonds is 4. The van der Waals surface area contributed by atoms with E-state index in [1.165, 1.54) is 12.1 Å². The molecule has 0 bridgehead atoms. The van der Waals surface area contributed by atoms with E-state index in [2.05, 4.69) is 17.1 Å². The molecule has 1 fully saturated rings. The van der Waals surface area contributed by atoms with Gasteiger partial charge in [-0.3, -0.25) is 4.90 Å². The van der Waals surface area contributed by atoms with Gasteiger partial charge in [0.25, 0.3) is 0 Å². The van der Waals surface area contributed by atoms with Gasteiger partial charge in [-0.2, -0.15) is 0 Å². The molecule has 0 amide bonds. The summed E-state index contributed by atoms with van der Waals surface area (Å²) in [5.41, 5.74) is 0.760. The molecule has 116 valence electrons. The van der Waals surface area contributed by atoms with Crippen LogP contribution in [-0.4, -0.2) is 31.1 Å². The summed E-state index contributed by atoms with van der Waals surface area (Å²) in [5, 5.41) is 3.30. The zero-order valence-electron chi connectivity index (χ0n) is 11.6. The number of hydrogen-bond acceptors (Lipinski definition) is 2. The van der Waals surface area contributed by atoms with Crippen LogP contribution >= 0.6 is 24.8 Å². The summed E-state index contributed by atoms with van der Waals surface area (Å²) in [5.74, 6) is -0.970. The molecule has 0 unspecified atom stereocenters. The molecule has 1 atom stereocenters. The van der Waals surface area contributed by atoms with Gasteiger partial charge in [-0.15, -0.1) is 24.8 Å². The zero-order valence-corrected chi connectivity index (χ0v) is 13.2. The van der Waals surface area contributed by atoms with Crippen LogP contribution in [0.3, 0.4) is 0 Å². The molecule has 2 rings (SSSR count). The average molecular weight is 327 g/mol. The molecule has 0 saturated carbocycles. The zero-order chi connectivity index (χ0) is 13.0. The first kappa shape index (κ1) is 19.6. The van der Waals surface area contributed by atoms with Crippen LogP contribution < -0.4 is 5.32 Å². The van der Waals surface area contributed by atoms with Crippen molar-refractivity contribution in [3.63, 3.8) is 0 Å². The molecule has 0 spiro atoms. The lowest BCUT2D eigenvalue weighted by Gasteiger charge is -2.35. The average Bonchev–Trinajstić information content (AvgIpc) is 2.36. The SMILES string of the molecule is CCC[C@@H](c1cc(F)cc(F)c1)N1CCNCC1.Cl.Cl. The minimum atomic E-state index is -0.485. The lowest BCUT2D eigenvalue weighted by Crippen LogP contribution is -2.45. The van der Waals surface area contributed by atoms with Crippen molar-refractivity contribution in [2.75, 3.05) is 26.2 Å². The summed E-state index contributed by atoms with van der Waals surface area (Å²) >= 11 is 0. The second kappa shape index (κ2) is 9.50. The Hall–Kier alpha value is -0.420. The first-order valence-electron chi connectivity index (χ1n) is 6.61. The van der Waals surface area contributed by atoms with Crippen LogP contribution in [0, 0.1) is 11.6 Å². The van der Waals surface area contributed by atoms with Crippen LogP contribution in [0.2, 0.25) is 0 Å². The first-order chi connectivity index (χ1) is 8.70. The Balaban J connectivity index is 0.00000180. The highest BCUT2D eigenvalue weighted by Crippen LogP contribution is 2.27. The molecule has 1 saturated heterocycles. The fourth-order valence-corrected chi connectivity index (χ4v) is 2.59. The van der Waals surface area contributed by atoms with Crippen LogP contribution in [0.1, 0.15) is 31.4 Å². The van der Waals surface area contributed by atoms with Crippen LogP contribution in [0.15, 0.2) is 18.2 Å². The molecule has 1 heterocycles. The van der Waals surface area contributed by atoms with Crippen LogP contribution in [0.4, 0.5) is 8.78 Å². The fraction of sp³-hybridized carbons (Fsp3) is 0.571. The van der Waals surface area contributed by atoms with Gasteiger partial charge in [-0.1, -0.05) is 13.3 Å². The van der Waals surface area contributed by atoms with Crippen molar-refractivity contribution in [2.45, 2.75) is 25.8 Å². The molecular weight excluding hydrogens is 305 g/mol. The van der Waals surface area contributed by atoms with Crippen molar-refractivity contribution in [1.29, 1.82) is 0 Å². The third-order valence-electron chi connectivity index (χ3n) is 3.42. The maximum absolute atomic E-state index is 13.3. The number of piperazine rings is 1. The van der Waals surface area contributed by atoms with E-state index in [0.717, 1.165) is 50.7 Å². The van der Waals surface area contributed by atoms with E-state index in [4.69, 9.17) is 0 Å². The Morgan fingerprint density at radius 2 is 1.65 bits per heavy atom. The quantitative estimate of drug-likeness (QED) is 0.910. The minimum absolute atomic E-state index is 0. The largest absolute Gasteiger partial charge is 0.314 e. The van der Waals surface area contributed by atoms with Gasteiger partial charge in [0, 0.05) is 38.3 Å². The van der Waals surface area contributed by atoms with Crippen molar-refractivity contribution < 1.29 is 8.78 Å². The maximum Gasteiger partial charge on any atom is 0.126 e. The smallest absolute Gasteiger partial charge is 0.126 e. The number of nitrogens with one attached hydrogen (secondary N) is 1. The summed E-state index contributed by atoms with van der Waals surface area (Å²) in [4.78, 5) is 2.31. The van der Waals surface area contributed by atoms with Gasteiger partial charge in [0.1, 0.15) is 11.6 Å². The van der Waals surface area contributed by atoms with E-state index in [9.17, 15) is 8.78 Å². The normalized spacial score (nSPS) is 16.9. The summed E-state index contributed by atoms with van der Waals surface area (Å²) in [6.07, 6.45) is 1.94. The first-order valence-corrected chi connectivity index (χ1v) is 6.61. The molecule has 0 aromatic heterocycles. The van der Waals surface area contributed by atoms with E-state index in [-0.39, 0.29) is 30.9 Å². The maximum atomic E-state index is 13.3. The molecule has 1 aromatic rings. The molecule has 6 heteroatoms. The van der Waals surface area contributed by atoms with E-state index in [1.54, 1.807) is 0 Å². The monoisotopic (exact) mass is 326 g/mol. The Labute approximate surface area is 131 Å². The second-order valence-electron chi connectivity index (χ2n) is 4.79. The number of halogens is 4. The highest BCUT2D eigenvalue weighted by atomic mass is 35.5. The standard InChI is InChI=1S/C14H20F2N2.2ClH/c1-2-3-14(18-6-4-17-5-7-18)11-8-12(15)10-13(16)9-11;;/h8-10,14,17H,2-7H2,1H3;2*1H/t14-;;/m0../s1. The molecule has 1 aliphatic heterocycles. The molecule has 1 aliphatic rings. The van der Waals surface area contributed by atoms with Crippen LogP contribution in [-0.2, 0) is 0 Å². The molecule has 0 radical (unpaired) electrons. The molecule has 0 aliphatic carbocycles. The molecule has 1 N–H and O–H groups in total. The topological polar surface area (TPSA) is 15.3 Å². The molecular formula is C14H22Cl2F2N2. The molecule has 20 heavy (non-hydrogen) atoms. The van der Waals surface area contributed by atoms with Crippen molar-refractivity contribution >= 4 is 24.8 Å². The Bertz CT molecular complexity index is 379. The number of nitrogens with zero attached hydrogens (tertiary/aromatic N) is 1. The number of benzene rings is 1. The lowest BCUT2D eigenvalue weighted by molar-refractivity contribution is 0.164. The predicted molar refractivity (Wildman–Crippen MR) is 82.9 cm³/mol. The predicted octanol–water partition coefficient (Wildman–Crippen LogP) is 3.55. The van der Waals surface area contributed by atoms with Gasteiger partial charge in [0.2, 0.25) is 0 Å². The minimum Gasteiger partial charge on any atom is -0.314 e. The van der Waals surface area contributed by atoms with E-state index < -0.39 is 11.6 Å². The third-order valence-corrected chi connectivity index (χ3v) is 3.42. The van der Waals surface area contributed by atoms with Gasteiger partial charge in [0.05, 0.1) is 0 Å². The molecule has 2 nitrogen and oxygen atoms in total. The Kier molecular flexibility index (Phi) is 9.30. The highest BCUT2D eigenvalue weighted by molar-refractivity contribution is 5.85. The number of hydrogen-bond donors (Lipinski definition) is 1. The van der Waals surface area contributed by atoms with Crippen LogP contribution in [0.25, 0.3) is 0 Å². The second-order valence-corrected chi connectivity index (χ2v) is 4.79. The van der Waals surface area contributed by atoms with Crippen molar-refractivity contribution in [2.24, 2.45) is 0 Å². The van der Waals surface area contributed by atoms with E-state index in [1.807, 2.05) is 0 Å². The third kappa shape index (κ3) is 5.17. The fourth-order valence-electron chi connectivity index (χ4n) is 2.59. The van der Waals surface area contributed by atoms with Crippen molar-refractivity contribution in [1.82, 2.24) is 10.2 Å². The van der Waals surface area contributed by atoms with Gasteiger partial charge in [-0.25, -0.2) is 8.78 Å². The van der Waals surface area contributed by atoms with E-state index in [0.29, 0.717) is 0 Å². The van der Waals surface area contributed by atoms with Crippen LogP contribution in [0.5, 0.6) is 0 Å². The lowest BCUT2D eigenvalue weighted by atomic mass is 9.99. The van der Waals surface area contributed by atoms with Crippen molar-refractivity contribution in [3.05, 3.63) is 35.4 Å². The van der Waals surface area contributed by atoms with Gasteiger partial charge >= 0.3 is 0 Å². The highest BCUT2D eigenvalue weighted by Gasteiger charge is 2.22. The Morgan fingerprint density at radius 1 is 1.10 bits per heavy atom. The van der Waals surface area contributed by atoms with Crippen molar-refractivity contribution in [3.8, 4) is 0 Å². The summed E-state index contributed by atoms with van der Waals surface area (Å²) in [6.45, 7) is 5.85. The summed E-state index contributed by atoms with van der Waals surface area (Å²) < 4.78 is 26.6. The summed E-state index contributed by atoms with van der Waals surface area (Å²) in [6, 6.07) is 3.99. The Morgan fingerprint density at radius 3 is 2.15 bits per heavy atom. The molecule has 1 aromatic carbocycles. The summed E-state index contributed by atoms with van der Waals surface area (Å²) in [7, 11) is 0. The van der Waals surface area contributed by atoms with Gasteiger partial charge in [0.15, 0.2) is 0 Å². The van der Waals surface area contributed by atoms with Gasteiger partial charge < -0.3 is 5.32 Å².